The molecule has 0 saturated carbocycles. The Morgan fingerprint density at radius 2 is 1.88 bits per heavy atom. The molecule has 26 heavy (non-hydrogen) atoms. The van der Waals surface area contributed by atoms with E-state index in [-0.39, 0.29) is 0 Å². The van der Waals surface area contributed by atoms with E-state index in [4.69, 9.17) is 11.6 Å². The first kappa shape index (κ1) is 17.6. The van der Waals surface area contributed by atoms with E-state index < -0.39 is 0 Å². The fourth-order valence-electron chi connectivity index (χ4n) is 4.19. The van der Waals surface area contributed by atoms with Gasteiger partial charge >= 0.3 is 0 Å². The first-order valence-electron chi connectivity index (χ1n) is 9.66. The SMILES string of the molecule is Clc1ccc(C(CCN2CCCC2)C2=CC=C(c3cn[nH]c3)CC2)cc1. The van der Waals surface area contributed by atoms with Crippen LogP contribution in [-0.2, 0) is 0 Å². The molecular weight excluding hydrogens is 342 g/mol. The molecule has 1 saturated heterocycles. The van der Waals surface area contributed by atoms with Crippen LogP contribution in [0.3, 0.4) is 0 Å². The van der Waals surface area contributed by atoms with Crippen LogP contribution in [0.25, 0.3) is 5.57 Å². The predicted molar refractivity (Wildman–Crippen MR) is 108 cm³/mol. The van der Waals surface area contributed by atoms with E-state index in [2.05, 4.69) is 39.4 Å². The maximum atomic E-state index is 6.12. The second-order valence-electron chi connectivity index (χ2n) is 7.36. The number of hydrogen-bond acceptors (Lipinski definition) is 2. The number of H-pyrrole nitrogens is 1. The number of rotatable bonds is 6. The van der Waals surface area contributed by atoms with E-state index in [0.717, 1.165) is 17.9 Å². The maximum Gasteiger partial charge on any atom is 0.0562 e. The van der Waals surface area contributed by atoms with Gasteiger partial charge in [-0.05, 0) is 75.0 Å². The summed E-state index contributed by atoms with van der Waals surface area (Å²) in [5.74, 6) is 0.481. The molecule has 1 aromatic heterocycles. The predicted octanol–water partition coefficient (Wildman–Crippen LogP) is 5.44. The van der Waals surface area contributed by atoms with Gasteiger partial charge in [0.2, 0.25) is 0 Å². The molecular formula is C22H26ClN3. The highest BCUT2D eigenvalue weighted by atomic mass is 35.5. The van der Waals surface area contributed by atoms with Crippen molar-refractivity contribution in [2.45, 2.75) is 38.0 Å². The summed E-state index contributed by atoms with van der Waals surface area (Å²) in [5.41, 5.74) is 5.51. The molecule has 3 nitrogen and oxygen atoms in total. The molecule has 1 aromatic carbocycles. The van der Waals surface area contributed by atoms with Crippen LogP contribution in [-0.4, -0.2) is 34.7 Å². The lowest BCUT2D eigenvalue weighted by molar-refractivity contribution is 0.326. The van der Waals surface area contributed by atoms with Gasteiger partial charge < -0.3 is 4.90 Å². The van der Waals surface area contributed by atoms with Gasteiger partial charge in [0, 0.05) is 22.7 Å². The largest absolute Gasteiger partial charge is 0.303 e. The average Bonchev–Trinajstić information content (AvgIpc) is 3.38. The van der Waals surface area contributed by atoms with E-state index in [1.165, 1.54) is 55.6 Å². The van der Waals surface area contributed by atoms with Gasteiger partial charge in [0.1, 0.15) is 0 Å². The molecule has 1 fully saturated rings. The highest BCUT2D eigenvalue weighted by molar-refractivity contribution is 6.30. The van der Waals surface area contributed by atoms with E-state index in [0.29, 0.717) is 5.92 Å². The summed E-state index contributed by atoms with van der Waals surface area (Å²) in [5, 5.41) is 7.80. The molecule has 1 aliphatic heterocycles. The third-order valence-electron chi connectivity index (χ3n) is 5.70. The van der Waals surface area contributed by atoms with Crippen molar-refractivity contribution in [3.63, 3.8) is 0 Å². The van der Waals surface area contributed by atoms with Crippen LogP contribution < -0.4 is 0 Å². The van der Waals surface area contributed by atoms with Crippen molar-refractivity contribution in [1.82, 2.24) is 15.1 Å². The highest BCUT2D eigenvalue weighted by Crippen LogP contribution is 2.37. The Bertz CT molecular complexity index is 768. The summed E-state index contributed by atoms with van der Waals surface area (Å²) in [4.78, 5) is 2.61. The van der Waals surface area contributed by atoms with Gasteiger partial charge in [-0.25, -0.2) is 0 Å². The smallest absolute Gasteiger partial charge is 0.0562 e. The Morgan fingerprint density at radius 3 is 2.54 bits per heavy atom. The number of aromatic nitrogens is 2. The third kappa shape index (κ3) is 4.11. The minimum atomic E-state index is 0.481. The summed E-state index contributed by atoms with van der Waals surface area (Å²) in [6.07, 6.45) is 14.6. The number of allylic oxidation sites excluding steroid dienone is 4. The van der Waals surface area contributed by atoms with Gasteiger partial charge in [-0.1, -0.05) is 41.5 Å². The van der Waals surface area contributed by atoms with Crippen LogP contribution >= 0.6 is 11.6 Å². The molecule has 2 heterocycles. The number of benzene rings is 1. The number of hydrogen-bond donors (Lipinski definition) is 1. The van der Waals surface area contributed by atoms with Crippen molar-refractivity contribution in [1.29, 1.82) is 0 Å². The molecule has 1 unspecified atom stereocenters. The average molecular weight is 368 g/mol. The van der Waals surface area contributed by atoms with E-state index in [1.807, 2.05) is 24.5 Å². The lowest BCUT2D eigenvalue weighted by Gasteiger charge is -2.26. The Hall–Kier alpha value is -1.84. The molecule has 1 atom stereocenters. The summed E-state index contributed by atoms with van der Waals surface area (Å²) in [6, 6.07) is 8.45. The van der Waals surface area contributed by atoms with Crippen LogP contribution in [0.2, 0.25) is 5.02 Å². The number of nitrogens with one attached hydrogen (secondary N) is 1. The monoisotopic (exact) mass is 367 g/mol. The number of aromatic amines is 1. The normalized spacial score (nSPS) is 19.3. The van der Waals surface area contributed by atoms with Gasteiger partial charge in [-0.15, -0.1) is 0 Å². The fraction of sp³-hybridized carbons (Fsp3) is 0.409. The van der Waals surface area contributed by atoms with Crippen molar-refractivity contribution in [3.05, 3.63) is 70.5 Å². The standard InChI is InChI=1S/C22H26ClN3/c23-21-9-7-19(8-10-21)22(11-14-26-12-1-2-13-26)18-5-3-17(4-6-18)20-15-24-25-16-20/h3,5,7-10,15-16,22H,1-2,4,6,11-14H2,(H,24,25). The molecule has 4 rings (SSSR count). The molecule has 4 heteroatoms. The summed E-state index contributed by atoms with van der Waals surface area (Å²) >= 11 is 6.12. The Kier molecular flexibility index (Phi) is 5.57. The highest BCUT2D eigenvalue weighted by Gasteiger charge is 2.21. The van der Waals surface area contributed by atoms with Crippen molar-refractivity contribution >= 4 is 17.2 Å². The summed E-state index contributed by atoms with van der Waals surface area (Å²) in [6.45, 7) is 3.71. The van der Waals surface area contributed by atoms with Gasteiger partial charge in [-0.3, -0.25) is 5.10 Å². The zero-order chi connectivity index (χ0) is 17.8. The molecule has 0 radical (unpaired) electrons. The zero-order valence-electron chi connectivity index (χ0n) is 15.1. The van der Waals surface area contributed by atoms with Crippen LogP contribution in [0.15, 0.2) is 54.4 Å². The Balaban J connectivity index is 1.54. The van der Waals surface area contributed by atoms with Crippen LogP contribution in [0, 0.1) is 0 Å². The molecule has 0 spiro atoms. The Morgan fingerprint density at radius 1 is 1.08 bits per heavy atom. The molecule has 2 aromatic rings. The fourth-order valence-corrected chi connectivity index (χ4v) is 4.32. The van der Waals surface area contributed by atoms with E-state index in [1.54, 1.807) is 5.57 Å². The molecule has 1 N–H and O–H groups in total. The first-order chi connectivity index (χ1) is 12.8. The van der Waals surface area contributed by atoms with Gasteiger partial charge in [0.25, 0.3) is 0 Å². The van der Waals surface area contributed by atoms with Gasteiger partial charge in [0.15, 0.2) is 0 Å². The van der Waals surface area contributed by atoms with E-state index in [9.17, 15) is 0 Å². The lowest BCUT2D eigenvalue weighted by Crippen LogP contribution is -2.22. The van der Waals surface area contributed by atoms with Crippen LogP contribution in [0.1, 0.15) is 49.1 Å². The van der Waals surface area contributed by atoms with Crippen LogP contribution in [0.5, 0.6) is 0 Å². The molecule has 2 aliphatic rings. The van der Waals surface area contributed by atoms with Gasteiger partial charge in [-0.2, -0.15) is 5.10 Å². The molecule has 136 valence electrons. The quantitative estimate of drug-likeness (QED) is 0.737. The first-order valence-corrected chi connectivity index (χ1v) is 10.0. The minimum absolute atomic E-state index is 0.481. The molecule has 1 aliphatic carbocycles. The molecule has 0 bridgehead atoms. The maximum absolute atomic E-state index is 6.12. The second-order valence-corrected chi connectivity index (χ2v) is 7.80. The van der Waals surface area contributed by atoms with Crippen molar-refractivity contribution in [2.24, 2.45) is 0 Å². The lowest BCUT2D eigenvalue weighted by atomic mass is 9.82. The summed E-state index contributed by atoms with van der Waals surface area (Å²) < 4.78 is 0. The minimum Gasteiger partial charge on any atom is -0.303 e. The molecule has 0 amide bonds. The van der Waals surface area contributed by atoms with E-state index >= 15 is 0 Å². The second kappa shape index (κ2) is 8.24. The summed E-state index contributed by atoms with van der Waals surface area (Å²) in [7, 11) is 0. The number of nitrogens with zero attached hydrogens (tertiary/aromatic N) is 2. The third-order valence-corrected chi connectivity index (χ3v) is 5.96. The van der Waals surface area contributed by atoms with Crippen molar-refractivity contribution in [3.8, 4) is 0 Å². The zero-order valence-corrected chi connectivity index (χ0v) is 15.9. The van der Waals surface area contributed by atoms with Crippen LogP contribution in [0.4, 0.5) is 0 Å². The van der Waals surface area contributed by atoms with Crippen molar-refractivity contribution in [2.75, 3.05) is 19.6 Å². The van der Waals surface area contributed by atoms with Crippen molar-refractivity contribution < 1.29 is 0 Å². The van der Waals surface area contributed by atoms with Gasteiger partial charge in [0.05, 0.1) is 6.20 Å². The topological polar surface area (TPSA) is 31.9 Å². The number of halogens is 1. The number of likely N-dealkylation sites (tertiary alicyclic amines) is 1. The Labute approximate surface area is 160 Å².